The minimum atomic E-state index is 0.773. The highest BCUT2D eigenvalue weighted by atomic mass is 14.6. The quantitative estimate of drug-likeness (QED) is 0.649. The molecule has 0 N–H and O–H groups in total. The maximum Gasteiger partial charge on any atom is 0.0734 e. The number of benzene rings is 1. The van der Waals surface area contributed by atoms with Crippen LogP contribution in [0.5, 0.6) is 0 Å². The molecule has 0 unspecified atom stereocenters. The number of rotatable bonds is 2. The van der Waals surface area contributed by atoms with E-state index in [0.29, 0.717) is 0 Å². The van der Waals surface area contributed by atoms with Crippen molar-refractivity contribution in [2.45, 2.75) is 12.8 Å². The zero-order chi connectivity index (χ0) is 9.80. The summed E-state index contributed by atoms with van der Waals surface area (Å²) >= 11 is 0. The molecule has 0 saturated heterocycles. The molecule has 0 atom stereocenters. The van der Waals surface area contributed by atoms with Crippen LogP contribution in [-0.2, 0) is 6.42 Å². The van der Waals surface area contributed by atoms with Gasteiger partial charge in [-0.1, -0.05) is 24.3 Å². The number of nitrogens with zero attached hydrogens (tertiary/aromatic N) is 1. The number of terminal acetylenes is 1. The largest absolute Gasteiger partial charge is 0.256 e. The molecule has 2 rings (SSSR count). The molecule has 1 nitrogen and oxygen atoms in total. The van der Waals surface area contributed by atoms with Crippen molar-refractivity contribution >= 4 is 10.9 Å². The fourth-order valence-electron chi connectivity index (χ4n) is 1.58. The van der Waals surface area contributed by atoms with Crippen LogP contribution in [0.2, 0.25) is 0 Å². The molecule has 1 aromatic carbocycles. The van der Waals surface area contributed by atoms with Crippen LogP contribution < -0.4 is 0 Å². The third kappa shape index (κ3) is 1.60. The summed E-state index contributed by atoms with van der Waals surface area (Å²) in [5, 5.41) is 1.18. The number of para-hydroxylation sites is 1. The summed E-state index contributed by atoms with van der Waals surface area (Å²) in [6.45, 7) is 0. The third-order valence-corrected chi connectivity index (χ3v) is 2.25. The van der Waals surface area contributed by atoms with Crippen molar-refractivity contribution in [3.63, 3.8) is 0 Å². The topological polar surface area (TPSA) is 12.9 Å². The number of fused-ring (bicyclic) bond motifs is 1. The van der Waals surface area contributed by atoms with Gasteiger partial charge in [0.05, 0.1) is 5.52 Å². The zero-order valence-electron chi connectivity index (χ0n) is 7.90. The van der Waals surface area contributed by atoms with Crippen LogP contribution in [0.15, 0.2) is 36.5 Å². The summed E-state index contributed by atoms with van der Waals surface area (Å²) in [5.41, 5.74) is 2.31. The van der Waals surface area contributed by atoms with Crippen molar-refractivity contribution in [2.75, 3.05) is 0 Å². The Hall–Kier alpha value is -1.81. The van der Waals surface area contributed by atoms with E-state index in [-0.39, 0.29) is 0 Å². The Morgan fingerprint density at radius 2 is 2.07 bits per heavy atom. The summed E-state index contributed by atoms with van der Waals surface area (Å²) in [6, 6.07) is 10.2. The number of aromatic nitrogens is 1. The SMILES string of the molecule is C#CCCc1cccc2cccnc12. The van der Waals surface area contributed by atoms with Crippen molar-refractivity contribution in [3.8, 4) is 12.3 Å². The molecule has 2 aromatic rings. The van der Waals surface area contributed by atoms with Crippen LogP contribution >= 0.6 is 0 Å². The Morgan fingerprint density at radius 3 is 2.93 bits per heavy atom. The van der Waals surface area contributed by atoms with Crippen LogP contribution in [0.1, 0.15) is 12.0 Å². The second-order valence-corrected chi connectivity index (χ2v) is 3.20. The van der Waals surface area contributed by atoms with Crippen LogP contribution in [0.4, 0.5) is 0 Å². The van der Waals surface area contributed by atoms with Gasteiger partial charge in [-0.3, -0.25) is 4.98 Å². The summed E-state index contributed by atoms with van der Waals surface area (Å²) < 4.78 is 0. The minimum absolute atomic E-state index is 0.773. The first-order valence-electron chi connectivity index (χ1n) is 4.68. The highest BCUT2D eigenvalue weighted by Gasteiger charge is 1.99. The molecule has 0 bridgehead atoms. The lowest BCUT2D eigenvalue weighted by Crippen LogP contribution is -1.88. The normalized spacial score (nSPS) is 9.93. The lowest BCUT2D eigenvalue weighted by molar-refractivity contribution is 1.04. The van der Waals surface area contributed by atoms with Crippen molar-refractivity contribution < 1.29 is 0 Å². The Balaban J connectivity index is 2.49. The maximum absolute atomic E-state index is 5.25. The second kappa shape index (κ2) is 3.93. The summed E-state index contributed by atoms with van der Waals surface area (Å²) in [4.78, 5) is 4.37. The summed E-state index contributed by atoms with van der Waals surface area (Å²) in [5.74, 6) is 2.65. The molecule has 68 valence electrons. The lowest BCUT2D eigenvalue weighted by Gasteiger charge is -2.02. The van der Waals surface area contributed by atoms with E-state index in [1.165, 1.54) is 10.9 Å². The maximum atomic E-state index is 5.25. The molecule has 0 fully saturated rings. The van der Waals surface area contributed by atoms with Crippen molar-refractivity contribution in [1.82, 2.24) is 4.98 Å². The predicted molar refractivity (Wildman–Crippen MR) is 58.9 cm³/mol. The Morgan fingerprint density at radius 1 is 1.21 bits per heavy atom. The first-order valence-corrected chi connectivity index (χ1v) is 4.68. The van der Waals surface area contributed by atoms with Crippen LogP contribution in [-0.4, -0.2) is 4.98 Å². The summed E-state index contributed by atoms with van der Waals surface area (Å²) in [7, 11) is 0. The molecular formula is C13H11N. The van der Waals surface area contributed by atoms with Crippen LogP contribution in [0.3, 0.4) is 0 Å². The Labute approximate surface area is 83.8 Å². The van der Waals surface area contributed by atoms with Gasteiger partial charge >= 0.3 is 0 Å². The zero-order valence-corrected chi connectivity index (χ0v) is 7.90. The molecular weight excluding hydrogens is 170 g/mol. The number of pyridine rings is 1. The highest BCUT2D eigenvalue weighted by molar-refractivity contribution is 5.81. The third-order valence-electron chi connectivity index (χ3n) is 2.25. The molecule has 1 heterocycles. The van der Waals surface area contributed by atoms with Gasteiger partial charge in [0.1, 0.15) is 0 Å². The van der Waals surface area contributed by atoms with Gasteiger partial charge in [-0.15, -0.1) is 12.3 Å². The van der Waals surface area contributed by atoms with E-state index in [1.54, 1.807) is 0 Å². The first kappa shape index (κ1) is 8.77. The molecule has 0 aliphatic heterocycles. The standard InChI is InChI=1S/C13H11N/c1-2-3-6-11-7-4-8-12-9-5-10-14-13(11)12/h1,4-5,7-10H,3,6H2. The minimum Gasteiger partial charge on any atom is -0.256 e. The van der Waals surface area contributed by atoms with Gasteiger partial charge in [0.2, 0.25) is 0 Å². The molecule has 0 saturated carbocycles. The first-order chi connectivity index (χ1) is 6.92. The van der Waals surface area contributed by atoms with Gasteiger partial charge in [0, 0.05) is 18.0 Å². The predicted octanol–water partition coefficient (Wildman–Crippen LogP) is 2.80. The molecule has 1 aromatic heterocycles. The average Bonchev–Trinajstić information content (AvgIpc) is 2.26. The fraction of sp³-hybridized carbons (Fsp3) is 0.154. The highest BCUT2D eigenvalue weighted by Crippen LogP contribution is 2.16. The lowest BCUT2D eigenvalue weighted by atomic mass is 10.1. The van der Waals surface area contributed by atoms with Crippen LogP contribution in [0, 0.1) is 12.3 Å². The number of hydrogen-bond donors (Lipinski definition) is 0. The average molecular weight is 181 g/mol. The molecule has 0 radical (unpaired) electrons. The number of aryl methyl sites for hydroxylation is 1. The molecule has 0 aliphatic carbocycles. The van der Waals surface area contributed by atoms with Gasteiger partial charge in [0.15, 0.2) is 0 Å². The monoisotopic (exact) mass is 181 g/mol. The van der Waals surface area contributed by atoms with E-state index in [2.05, 4.69) is 35.2 Å². The molecule has 0 aliphatic rings. The smallest absolute Gasteiger partial charge is 0.0734 e. The van der Waals surface area contributed by atoms with Crippen molar-refractivity contribution in [1.29, 1.82) is 0 Å². The van der Waals surface area contributed by atoms with E-state index >= 15 is 0 Å². The summed E-state index contributed by atoms with van der Waals surface area (Å²) in [6.07, 6.45) is 8.75. The number of hydrogen-bond acceptors (Lipinski definition) is 1. The van der Waals surface area contributed by atoms with Crippen molar-refractivity contribution in [3.05, 3.63) is 42.1 Å². The van der Waals surface area contributed by atoms with E-state index in [0.717, 1.165) is 18.4 Å². The fourth-order valence-corrected chi connectivity index (χ4v) is 1.58. The van der Waals surface area contributed by atoms with E-state index in [1.807, 2.05) is 12.3 Å². The molecule has 14 heavy (non-hydrogen) atoms. The Bertz CT molecular complexity index is 475. The second-order valence-electron chi connectivity index (χ2n) is 3.20. The van der Waals surface area contributed by atoms with Gasteiger partial charge in [-0.05, 0) is 18.1 Å². The van der Waals surface area contributed by atoms with Gasteiger partial charge < -0.3 is 0 Å². The van der Waals surface area contributed by atoms with E-state index < -0.39 is 0 Å². The van der Waals surface area contributed by atoms with Crippen LogP contribution in [0.25, 0.3) is 10.9 Å². The van der Waals surface area contributed by atoms with Gasteiger partial charge in [-0.25, -0.2) is 0 Å². The Kier molecular flexibility index (Phi) is 2.46. The molecule has 0 amide bonds. The molecule has 0 spiro atoms. The van der Waals surface area contributed by atoms with E-state index in [9.17, 15) is 0 Å². The van der Waals surface area contributed by atoms with Crippen molar-refractivity contribution in [2.24, 2.45) is 0 Å². The van der Waals surface area contributed by atoms with Gasteiger partial charge in [-0.2, -0.15) is 0 Å². The molecule has 1 heteroatoms. The van der Waals surface area contributed by atoms with Gasteiger partial charge in [0.25, 0.3) is 0 Å². The van der Waals surface area contributed by atoms with E-state index in [4.69, 9.17) is 6.42 Å².